The van der Waals surface area contributed by atoms with Crippen molar-refractivity contribution in [1.82, 2.24) is 35.1 Å². The van der Waals surface area contributed by atoms with Gasteiger partial charge in [-0.05, 0) is 91.5 Å². The molecule has 16 heteroatoms. The number of hydrogen-bond acceptors (Lipinski definition) is 6. The number of carbonyl (C=O) groups is 3. The van der Waals surface area contributed by atoms with Crippen molar-refractivity contribution in [3.63, 3.8) is 0 Å². The Morgan fingerprint density at radius 1 is 0.780 bits per heavy atom. The molecule has 3 amide bonds. The number of benzene rings is 2. The summed E-state index contributed by atoms with van der Waals surface area (Å²) in [5, 5.41) is 2.73. The Hall–Kier alpha value is -3.78. The first kappa shape index (κ1) is 47.9. The molecule has 320 valence electrons. The summed E-state index contributed by atoms with van der Waals surface area (Å²) in [6.45, 7) is 11.3. The van der Waals surface area contributed by atoms with E-state index in [1.807, 2.05) is 73.0 Å². The molecular weight excluding hydrogens is 826 g/mol. The molecule has 0 unspecified atom stereocenters. The summed E-state index contributed by atoms with van der Waals surface area (Å²) in [5.74, 6) is 7.18. The van der Waals surface area contributed by atoms with Crippen LogP contribution in [0.3, 0.4) is 0 Å². The SMILES string of the molecule is COC(=O)N[C@H](C(=O)N1CC2(CC2)C[C@H]1c1nc2ccc(C#Cc3ccc(-c4nc([C@@H]5CC6(CC6)CN5C(=O)[C@@H](C)C(C)C)[nH]c4F)cc3)cc2[nH]1)C(C)C.S.S.S.S. The number of alkyl carbamates (subject to hydrolysis) is 1. The number of rotatable bonds is 8. The first-order chi connectivity index (χ1) is 26.3. The second kappa shape index (κ2) is 18.5. The van der Waals surface area contributed by atoms with E-state index in [4.69, 9.17) is 14.7 Å². The number of carbonyl (C=O) groups excluding carboxylic acids is 3. The number of likely N-dealkylation sites (tertiary alicyclic amines) is 2. The summed E-state index contributed by atoms with van der Waals surface area (Å²) in [6.07, 6.45) is 5.35. The molecule has 4 atom stereocenters. The van der Waals surface area contributed by atoms with Crippen molar-refractivity contribution in [2.75, 3.05) is 20.2 Å². The lowest BCUT2D eigenvalue weighted by atomic mass is 9.96. The number of nitrogens with zero attached hydrogens (tertiary/aromatic N) is 4. The van der Waals surface area contributed by atoms with Crippen LogP contribution in [-0.4, -0.2) is 73.9 Å². The van der Waals surface area contributed by atoms with Gasteiger partial charge in [0.2, 0.25) is 17.8 Å². The molecule has 59 heavy (non-hydrogen) atoms. The summed E-state index contributed by atoms with van der Waals surface area (Å²) in [6, 6.07) is 12.0. The molecule has 2 aromatic carbocycles. The molecule has 4 heterocycles. The summed E-state index contributed by atoms with van der Waals surface area (Å²) in [5.41, 5.74) is 4.31. The number of H-pyrrole nitrogens is 2. The highest BCUT2D eigenvalue weighted by Gasteiger charge is 2.56. The van der Waals surface area contributed by atoms with E-state index in [1.165, 1.54) is 7.11 Å². The van der Waals surface area contributed by atoms with Crippen molar-refractivity contribution in [3.8, 4) is 23.1 Å². The number of imidazole rings is 2. The zero-order valence-electron chi connectivity index (χ0n) is 34.5. The largest absolute Gasteiger partial charge is 0.453 e. The lowest BCUT2D eigenvalue weighted by Gasteiger charge is -2.30. The van der Waals surface area contributed by atoms with Crippen molar-refractivity contribution >= 4 is 82.9 Å². The Kier molecular flexibility index (Phi) is 15.0. The zero-order valence-corrected chi connectivity index (χ0v) is 38.5. The molecule has 8 rings (SSSR count). The topological polar surface area (TPSA) is 136 Å². The maximum atomic E-state index is 15.4. The minimum atomic E-state index is -0.701. The number of halogens is 1. The van der Waals surface area contributed by atoms with Gasteiger partial charge in [0, 0.05) is 35.7 Å². The Morgan fingerprint density at radius 2 is 1.32 bits per heavy atom. The smallest absolute Gasteiger partial charge is 0.407 e. The normalized spacial score (nSPS) is 20.2. The molecule has 2 aliphatic carbocycles. The van der Waals surface area contributed by atoms with E-state index < -0.39 is 18.1 Å². The fourth-order valence-electron chi connectivity index (χ4n) is 8.41. The predicted octanol–water partition coefficient (Wildman–Crippen LogP) is 7.72. The molecular formula is C43H58FN7O4S4. The number of fused-ring (bicyclic) bond motifs is 1. The van der Waals surface area contributed by atoms with Crippen LogP contribution in [0.2, 0.25) is 0 Å². The lowest BCUT2D eigenvalue weighted by molar-refractivity contribution is -0.137. The van der Waals surface area contributed by atoms with Gasteiger partial charge in [-0.3, -0.25) is 9.59 Å². The summed E-state index contributed by atoms with van der Waals surface area (Å²) in [4.78, 5) is 59.2. The second-order valence-electron chi connectivity index (χ2n) is 17.2. The Labute approximate surface area is 374 Å². The van der Waals surface area contributed by atoms with Crippen molar-refractivity contribution in [1.29, 1.82) is 0 Å². The average molecular weight is 884 g/mol. The average Bonchev–Trinajstić information content (AvgIpc) is 3.84. The molecule has 3 N–H and O–H groups in total. The van der Waals surface area contributed by atoms with E-state index in [-0.39, 0.29) is 112 Å². The molecule has 0 bridgehead atoms. The highest BCUT2D eigenvalue weighted by Crippen LogP contribution is 2.59. The third-order valence-electron chi connectivity index (χ3n) is 12.6. The predicted molar refractivity (Wildman–Crippen MR) is 247 cm³/mol. The van der Waals surface area contributed by atoms with Crippen LogP contribution < -0.4 is 5.32 Å². The fourth-order valence-corrected chi connectivity index (χ4v) is 8.41. The maximum absolute atomic E-state index is 15.4. The van der Waals surface area contributed by atoms with Crippen LogP contribution in [0, 0.1) is 46.4 Å². The summed E-state index contributed by atoms with van der Waals surface area (Å²) < 4.78 is 20.2. The molecule has 2 aromatic heterocycles. The molecule has 2 saturated carbocycles. The highest BCUT2D eigenvalue weighted by atomic mass is 32.1. The van der Waals surface area contributed by atoms with Crippen LogP contribution >= 0.6 is 54.0 Å². The van der Waals surface area contributed by atoms with E-state index >= 15 is 4.39 Å². The highest BCUT2D eigenvalue weighted by molar-refractivity contribution is 7.59. The number of ether oxygens (including phenoxy) is 1. The van der Waals surface area contributed by atoms with Crippen LogP contribution in [0.25, 0.3) is 22.3 Å². The number of aromatic nitrogens is 4. The van der Waals surface area contributed by atoms with Gasteiger partial charge in [-0.25, -0.2) is 14.8 Å². The quantitative estimate of drug-likeness (QED) is 0.155. The number of hydrogen-bond donors (Lipinski definition) is 3. The number of aromatic amines is 2. The van der Waals surface area contributed by atoms with Gasteiger partial charge in [0.15, 0.2) is 0 Å². The van der Waals surface area contributed by atoms with Crippen molar-refractivity contribution < 1.29 is 23.5 Å². The van der Waals surface area contributed by atoms with E-state index in [9.17, 15) is 14.4 Å². The van der Waals surface area contributed by atoms with Crippen LogP contribution in [-0.2, 0) is 14.3 Å². The van der Waals surface area contributed by atoms with Gasteiger partial charge < -0.3 is 29.8 Å². The molecule has 2 spiro atoms. The van der Waals surface area contributed by atoms with Crippen molar-refractivity contribution in [2.24, 2.45) is 28.6 Å². The second-order valence-corrected chi connectivity index (χ2v) is 17.2. The van der Waals surface area contributed by atoms with Crippen LogP contribution in [0.15, 0.2) is 42.5 Å². The number of methoxy groups -OCH3 is 1. The van der Waals surface area contributed by atoms with Gasteiger partial charge in [-0.1, -0.05) is 58.6 Å². The monoisotopic (exact) mass is 883 g/mol. The van der Waals surface area contributed by atoms with Gasteiger partial charge in [-0.2, -0.15) is 58.4 Å². The molecule has 2 aliphatic heterocycles. The van der Waals surface area contributed by atoms with Gasteiger partial charge in [0.05, 0.1) is 30.2 Å². The fraction of sp³-hybridized carbons (Fsp3) is 0.512. The Bertz CT molecular complexity index is 2230. The third-order valence-corrected chi connectivity index (χ3v) is 12.6. The third kappa shape index (κ3) is 9.58. The van der Waals surface area contributed by atoms with E-state index in [0.717, 1.165) is 66.5 Å². The van der Waals surface area contributed by atoms with E-state index in [2.05, 4.69) is 41.0 Å². The summed E-state index contributed by atoms with van der Waals surface area (Å²) in [7, 11) is 1.30. The van der Waals surface area contributed by atoms with Gasteiger partial charge >= 0.3 is 6.09 Å². The minimum absolute atomic E-state index is 0. The van der Waals surface area contributed by atoms with Gasteiger partial charge in [0.25, 0.3) is 0 Å². The minimum Gasteiger partial charge on any atom is -0.453 e. The lowest BCUT2D eigenvalue weighted by Crippen LogP contribution is -2.51. The van der Waals surface area contributed by atoms with E-state index in [1.54, 1.807) is 0 Å². The molecule has 0 radical (unpaired) electrons. The van der Waals surface area contributed by atoms with E-state index in [0.29, 0.717) is 24.5 Å². The Morgan fingerprint density at radius 3 is 1.86 bits per heavy atom. The first-order valence-electron chi connectivity index (χ1n) is 19.6. The van der Waals surface area contributed by atoms with Crippen molar-refractivity contribution in [3.05, 3.63) is 71.2 Å². The van der Waals surface area contributed by atoms with Crippen LogP contribution in [0.4, 0.5) is 9.18 Å². The first-order valence-corrected chi connectivity index (χ1v) is 19.6. The standard InChI is InChI=1S/C43H50FN7O4.4H2S/c1-24(2)26(5)39(52)50-22-42(15-16-42)21-33(50)38-47-35(36(44)49-38)29-12-9-27(10-13-29)7-8-28-11-14-30-31(19-28)46-37(45-30)32-20-43(17-18-43)23-51(32)40(53)34(25(3)4)48-41(54)55-6;;;;/h9-14,19,24-26,32-34H,15-18,20-23H2,1-6H3,(H,45,46)(H,47,49)(H,48,54);4*1H2/t26-,32-,33-,34-;;;;/m0..../s1. The molecule has 4 aliphatic rings. The van der Waals surface area contributed by atoms with Crippen molar-refractivity contribution in [2.45, 2.75) is 91.3 Å². The maximum Gasteiger partial charge on any atom is 0.407 e. The molecule has 11 nitrogen and oxygen atoms in total. The van der Waals surface area contributed by atoms with Gasteiger partial charge in [0.1, 0.15) is 23.4 Å². The van der Waals surface area contributed by atoms with Gasteiger partial charge in [-0.15, -0.1) is 0 Å². The molecule has 2 saturated heterocycles. The zero-order chi connectivity index (χ0) is 38.8. The van der Waals surface area contributed by atoms with Crippen LogP contribution in [0.1, 0.15) is 108 Å². The number of amides is 3. The Balaban J connectivity index is 0.00000192. The number of nitrogens with one attached hydrogen (secondary N) is 3. The van der Waals surface area contributed by atoms with Crippen LogP contribution in [0.5, 0.6) is 0 Å². The molecule has 4 fully saturated rings. The summed E-state index contributed by atoms with van der Waals surface area (Å²) >= 11 is 0. The molecule has 4 aromatic rings.